The molecule has 5 nitrogen and oxygen atoms in total. The molecule has 21 heavy (non-hydrogen) atoms. The summed E-state index contributed by atoms with van der Waals surface area (Å²) in [6, 6.07) is 5.81. The van der Waals surface area contributed by atoms with Gasteiger partial charge in [0.1, 0.15) is 0 Å². The second kappa shape index (κ2) is 5.65. The Balaban J connectivity index is 1.93. The minimum Gasteiger partial charge on any atom is -0.322 e. The van der Waals surface area contributed by atoms with Crippen molar-refractivity contribution in [1.82, 2.24) is 14.6 Å². The van der Waals surface area contributed by atoms with Crippen LogP contribution in [0.5, 0.6) is 0 Å². The monoisotopic (exact) mass is 344 g/mol. The highest BCUT2D eigenvalue weighted by molar-refractivity contribution is 9.10. The van der Waals surface area contributed by atoms with E-state index in [4.69, 9.17) is 0 Å². The Hall–Kier alpha value is -2.21. The number of hydrogen-bond donors (Lipinski definition) is 1. The lowest BCUT2D eigenvalue weighted by Crippen LogP contribution is -2.13. The average Bonchev–Trinajstić information content (AvgIpc) is 2.93. The summed E-state index contributed by atoms with van der Waals surface area (Å²) < 4.78 is 2.63. The Morgan fingerprint density at radius 1 is 1.38 bits per heavy atom. The van der Waals surface area contributed by atoms with Gasteiger partial charge in [-0.25, -0.2) is 4.52 Å². The molecule has 3 rings (SSSR count). The zero-order valence-electron chi connectivity index (χ0n) is 11.4. The topological polar surface area (TPSA) is 59.3 Å². The molecule has 106 valence electrons. The molecule has 0 saturated heterocycles. The van der Waals surface area contributed by atoms with Gasteiger partial charge in [-0.3, -0.25) is 9.78 Å². The largest absolute Gasteiger partial charge is 0.322 e. The Morgan fingerprint density at radius 3 is 3.05 bits per heavy atom. The summed E-state index contributed by atoms with van der Waals surface area (Å²) in [5, 5.41) is 7.09. The first kappa shape index (κ1) is 13.8. The number of rotatable bonds is 3. The van der Waals surface area contributed by atoms with Gasteiger partial charge in [-0.1, -0.05) is 22.9 Å². The van der Waals surface area contributed by atoms with E-state index in [0.717, 1.165) is 22.1 Å². The number of nitrogens with zero attached hydrogens (tertiary/aromatic N) is 3. The first-order valence-electron chi connectivity index (χ1n) is 6.56. The van der Waals surface area contributed by atoms with Crippen molar-refractivity contribution in [2.75, 3.05) is 5.32 Å². The van der Waals surface area contributed by atoms with E-state index in [1.807, 2.05) is 18.2 Å². The molecule has 6 heteroatoms. The maximum atomic E-state index is 12.4. The summed E-state index contributed by atoms with van der Waals surface area (Å²) in [6.45, 7) is 2.05. The van der Waals surface area contributed by atoms with Gasteiger partial charge in [0.25, 0.3) is 5.91 Å². The van der Waals surface area contributed by atoms with Crippen LogP contribution in [0.15, 0.2) is 47.5 Å². The SMILES string of the molecule is CCc1cc(Br)ccc1NC(=O)c1cnn2ccncc12. The minimum atomic E-state index is -0.185. The van der Waals surface area contributed by atoms with Gasteiger partial charge >= 0.3 is 0 Å². The summed E-state index contributed by atoms with van der Waals surface area (Å²) in [7, 11) is 0. The van der Waals surface area contributed by atoms with Gasteiger partial charge in [0.15, 0.2) is 0 Å². The van der Waals surface area contributed by atoms with Gasteiger partial charge in [-0.2, -0.15) is 5.10 Å². The molecular formula is C15H13BrN4O. The van der Waals surface area contributed by atoms with Crippen molar-refractivity contribution < 1.29 is 4.79 Å². The van der Waals surface area contributed by atoms with E-state index >= 15 is 0 Å². The lowest BCUT2D eigenvalue weighted by atomic mass is 10.1. The maximum Gasteiger partial charge on any atom is 0.259 e. The average molecular weight is 345 g/mol. The van der Waals surface area contributed by atoms with E-state index in [0.29, 0.717) is 11.1 Å². The molecule has 0 atom stereocenters. The van der Waals surface area contributed by atoms with Crippen LogP contribution >= 0.6 is 15.9 Å². The van der Waals surface area contributed by atoms with Crippen molar-refractivity contribution in [1.29, 1.82) is 0 Å². The Kier molecular flexibility index (Phi) is 3.70. The number of benzene rings is 1. The van der Waals surface area contributed by atoms with Crippen molar-refractivity contribution >= 4 is 33.0 Å². The van der Waals surface area contributed by atoms with Gasteiger partial charge in [0.05, 0.1) is 23.5 Å². The van der Waals surface area contributed by atoms with E-state index in [-0.39, 0.29) is 5.91 Å². The minimum absolute atomic E-state index is 0.185. The number of carbonyl (C=O) groups is 1. The lowest BCUT2D eigenvalue weighted by molar-refractivity contribution is 0.102. The summed E-state index contributed by atoms with van der Waals surface area (Å²) in [5.74, 6) is -0.185. The quantitative estimate of drug-likeness (QED) is 0.792. The Morgan fingerprint density at radius 2 is 2.24 bits per heavy atom. The summed E-state index contributed by atoms with van der Waals surface area (Å²) in [6.07, 6.45) is 7.36. The number of aryl methyl sites for hydroxylation is 1. The molecule has 2 aromatic heterocycles. The van der Waals surface area contributed by atoms with Crippen LogP contribution in [0.3, 0.4) is 0 Å². The molecule has 1 N–H and O–H groups in total. The zero-order chi connectivity index (χ0) is 14.8. The number of fused-ring (bicyclic) bond motifs is 1. The van der Waals surface area contributed by atoms with Crippen molar-refractivity contribution in [2.45, 2.75) is 13.3 Å². The predicted molar refractivity (Wildman–Crippen MR) is 84.5 cm³/mol. The van der Waals surface area contributed by atoms with E-state index < -0.39 is 0 Å². The molecule has 2 heterocycles. The standard InChI is InChI=1S/C15H13BrN4O/c1-2-10-7-11(16)3-4-13(10)19-15(21)12-8-18-20-6-5-17-9-14(12)20/h3-9H,2H2,1H3,(H,19,21). The highest BCUT2D eigenvalue weighted by Crippen LogP contribution is 2.22. The summed E-state index contributed by atoms with van der Waals surface area (Å²) in [5.41, 5.74) is 3.08. The van der Waals surface area contributed by atoms with E-state index in [1.165, 1.54) is 0 Å². The van der Waals surface area contributed by atoms with Gasteiger partial charge in [0, 0.05) is 22.6 Å². The van der Waals surface area contributed by atoms with Gasteiger partial charge < -0.3 is 5.32 Å². The highest BCUT2D eigenvalue weighted by atomic mass is 79.9. The fourth-order valence-electron chi connectivity index (χ4n) is 2.18. The molecule has 0 fully saturated rings. The van der Waals surface area contributed by atoms with Crippen molar-refractivity contribution in [3.05, 3.63) is 58.6 Å². The number of nitrogens with one attached hydrogen (secondary N) is 1. The number of amides is 1. The molecule has 0 aliphatic heterocycles. The van der Waals surface area contributed by atoms with Gasteiger partial charge in [-0.05, 0) is 30.2 Å². The first-order valence-corrected chi connectivity index (χ1v) is 7.35. The zero-order valence-corrected chi connectivity index (χ0v) is 13.0. The summed E-state index contributed by atoms with van der Waals surface area (Å²) in [4.78, 5) is 16.5. The fourth-order valence-corrected chi connectivity index (χ4v) is 2.58. The normalized spacial score (nSPS) is 10.8. The molecule has 0 spiro atoms. The molecule has 0 bridgehead atoms. The van der Waals surface area contributed by atoms with E-state index in [1.54, 1.807) is 29.3 Å². The van der Waals surface area contributed by atoms with Crippen LogP contribution in [0.25, 0.3) is 5.52 Å². The molecule has 0 aliphatic carbocycles. The molecule has 0 aliphatic rings. The third-order valence-corrected chi connectivity index (χ3v) is 3.76. The van der Waals surface area contributed by atoms with Crippen LogP contribution in [0.4, 0.5) is 5.69 Å². The maximum absolute atomic E-state index is 12.4. The highest BCUT2D eigenvalue weighted by Gasteiger charge is 2.14. The molecule has 0 radical (unpaired) electrons. The van der Waals surface area contributed by atoms with Crippen LogP contribution in [-0.4, -0.2) is 20.5 Å². The molecule has 0 saturated carbocycles. The van der Waals surface area contributed by atoms with Crippen LogP contribution in [0.1, 0.15) is 22.8 Å². The van der Waals surface area contributed by atoms with Crippen molar-refractivity contribution in [2.24, 2.45) is 0 Å². The number of carbonyl (C=O) groups excluding carboxylic acids is 1. The Labute approximate surface area is 130 Å². The fraction of sp³-hybridized carbons (Fsp3) is 0.133. The van der Waals surface area contributed by atoms with Crippen LogP contribution < -0.4 is 5.32 Å². The predicted octanol–water partition coefficient (Wildman–Crippen LogP) is 3.31. The molecule has 1 aromatic carbocycles. The number of aromatic nitrogens is 3. The lowest BCUT2D eigenvalue weighted by Gasteiger charge is -2.09. The third kappa shape index (κ3) is 2.67. The third-order valence-electron chi connectivity index (χ3n) is 3.27. The van der Waals surface area contributed by atoms with Gasteiger partial charge in [-0.15, -0.1) is 0 Å². The Bertz CT molecular complexity index is 812. The van der Waals surface area contributed by atoms with Crippen LogP contribution in [0.2, 0.25) is 0 Å². The second-order valence-corrected chi connectivity index (χ2v) is 5.49. The van der Waals surface area contributed by atoms with E-state index in [9.17, 15) is 4.79 Å². The van der Waals surface area contributed by atoms with Crippen LogP contribution in [-0.2, 0) is 6.42 Å². The van der Waals surface area contributed by atoms with E-state index in [2.05, 4.69) is 38.3 Å². The molecule has 0 unspecified atom stereocenters. The number of hydrogen-bond acceptors (Lipinski definition) is 3. The summed E-state index contributed by atoms with van der Waals surface area (Å²) >= 11 is 3.44. The molecule has 3 aromatic rings. The van der Waals surface area contributed by atoms with Crippen molar-refractivity contribution in [3.63, 3.8) is 0 Å². The van der Waals surface area contributed by atoms with Crippen molar-refractivity contribution in [3.8, 4) is 0 Å². The smallest absolute Gasteiger partial charge is 0.259 e. The van der Waals surface area contributed by atoms with Gasteiger partial charge in [0.2, 0.25) is 0 Å². The second-order valence-electron chi connectivity index (χ2n) is 4.57. The first-order chi connectivity index (χ1) is 10.2. The van der Waals surface area contributed by atoms with Crippen LogP contribution in [0, 0.1) is 0 Å². The molecular weight excluding hydrogens is 332 g/mol. The number of halogens is 1. The number of anilines is 1. The molecule has 1 amide bonds.